The van der Waals surface area contributed by atoms with Gasteiger partial charge in [0.2, 0.25) is 0 Å². The number of nitrogens with zero attached hydrogens (tertiary/aromatic N) is 2. The Morgan fingerprint density at radius 3 is 2.38 bits per heavy atom. The largest absolute Gasteiger partial charge is 0.444 e. The highest BCUT2D eigenvalue weighted by Crippen LogP contribution is 2.34. The number of benzene rings is 1. The number of hydrogen-bond donors (Lipinski definition) is 2. The predicted molar refractivity (Wildman–Crippen MR) is 158 cm³/mol. The number of amides is 1. The van der Waals surface area contributed by atoms with E-state index >= 15 is 0 Å². The SMILES string of the molecule is CC(C)(C)OC(=O)N[C@@H](COC(C)(C)C(F)(F)F)c1nc2cc([C@H](N)COC3CC3)ccc2n1COCC[Si](C)(C)C. The number of carbonyl (C=O) groups excluding carboxylic acids is 1. The van der Waals surface area contributed by atoms with Crippen LogP contribution in [0.3, 0.4) is 0 Å². The van der Waals surface area contributed by atoms with Crippen molar-refractivity contribution in [3.05, 3.63) is 29.6 Å². The summed E-state index contributed by atoms with van der Waals surface area (Å²) in [6.07, 6.45) is -3.09. The Morgan fingerprint density at radius 1 is 1.14 bits per heavy atom. The second kappa shape index (κ2) is 13.2. The molecule has 1 aliphatic carbocycles. The van der Waals surface area contributed by atoms with E-state index in [0.717, 1.165) is 38.3 Å². The average Bonchev–Trinajstić information content (AvgIpc) is 3.60. The van der Waals surface area contributed by atoms with Crippen molar-refractivity contribution in [3.8, 4) is 0 Å². The van der Waals surface area contributed by atoms with Crippen molar-refractivity contribution < 1.29 is 36.9 Å². The number of alkyl halides is 3. The minimum atomic E-state index is -4.63. The van der Waals surface area contributed by atoms with Crippen LogP contribution in [0.5, 0.6) is 0 Å². The molecule has 0 saturated heterocycles. The normalized spacial score (nSPS) is 16.5. The van der Waals surface area contributed by atoms with Gasteiger partial charge >= 0.3 is 12.3 Å². The molecule has 1 aromatic heterocycles. The lowest BCUT2D eigenvalue weighted by molar-refractivity contribution is -0.265. The van der Waals surface area contributed by atoms with Crippen molar-refractivity contribution in [3.63, 3.8) is 0 Å². The maximum atomic E-state index is 13.7. The van der Waals surface area contributed by atoms with Crippen LogP contribution in [0.4, 0.5) is 18.0 Å². The van der Waals surface area contributed by atoms with Crippen LogP contribution in [-0.2, 0) is 25.7 Å². The first-order valence-corrected chi connectivity index (χ1v) is 18.1. The number of carbonyl (C=O) groups is 1. The third-order valence-corrected chi connectivity index (χ3v) is 8.48. The molecule has 2 atom stereocenters. The fraction of sp³-hybridized carbons (Fsp3) is 0.724. The van der Waals surface area contributed by atoms with Crippen LogP contribution >= 0.6 is 0 Å². The number of fused-ring (bicyclic) bond motifs is 1. The standard InChI is InChI=1S/C29H47F3N4O5Si/c1-27(2,3)41-26(37)35-23(17-40-28(4,5)29(30,31)32)25-34-22-15-19(21(33)16-39-20-10-11-20)9-12-24(22)36(25)18-38-13-14-42(6,7)8/h9,12,15,20-21,23H,10-11,13-14,16-18,33H2,1-8H3,(H,35,37)/t21-,23+/m1/s1. The summed E-state index contributed by atoms with van der Waals surface area (Å²) in [6.45, 7) is 14.2. The number of nitrogens with two attached hydrogens (primary N) is 1. The zero-order valence-electron chi connectivity index (χ0n) is 26.1. The first-order valence-electron chi connectivity index (χ1n) is 14.4. The van der Waals surface area contributed by atoms with Gasteiger partial charge in [-0.1, -0.05) is 25.7 Å². The van der Waals surface area contributed by atoms with Crippen LogP contribution in [-0.4, -0.2) is 67.0 Å². The molecule has 238 valence electrons. The highest BCUT2D eigenvalue weighted by atomic mass is 28.3. The van der Waals surface area contributed by atoms with Crippen molar-refractivity contribution in [1.29, 1.82) is 0 Å². The van der Waals surface area contributed by atoms with Gasteiger partial charge in [-0.25, -0.2) is 9.78 Å². The van der Waals surface area contributed by atoms with E-state index in [1.807, 2.05) is 18.2 Å². The first-order chi connectivity index (χ1) is 19.3. The molecule has 1 fully saturated rings. The number of ether oxygens (including phenoxy) is 4. The molecular weight excluding hydrogens is 569 g/mol. The van der Waals surface area contributed by atoms with Gasteiger partial charge < -0.3 is 34.6 Å². The second-order valence-electron chi connectivity index (χ2n) is 13.7. The van der Waals surface area contributed by atoms with Crippen LogP contribution in [0.1, 0.15) is 70.9 Å². The molecule has 1 aromatic carbocycles. The van der Waals surface area contributed by atoms with Gasteiger partial charge in [0.1, 0.15) is 24.2 Å². The van der Waals surface area contributed by atoms with Crippen LogP contribution in [0.15, 0.2) is 18.2 Å². The Hall–Kier alpha value is -2.19. The number of halogens is 3. The number of imidazole rings is 1. The van der Waals surface area contributed by atoms with E-state index in [1.165, 1.54) is 0 Å². The topological polar surface area (TPSA) is 110 Å². The molecule has 2 aromatic rings. The lowest BCUT2D eigenvalue weighted by Crippen LogP contribution is -2.45. The molecule has 0 bridgehead atoms. The predicted octanol–water partition coefficient (Wildman–Crippen LogP) is 6.45. The molecule has 1 amide bonds. The molecule has 13 heteroatoms. The Balaban J connectivity index is 1.98. The molecule has 3 rings (SSSR count). The van der Waals surface area contributed by atoms with Gasteiger partial charge in [-0.2, -0.15) is 13.2 Å². The first kappa shape index (κ1) is 34.3. The summed E-state index contributed by atoms with van der Waals surface area (Å²) < 4.78 is 65.3. The third-order valence-electron chi connectivity index (χ3n) is 6.78. The second-order valence-corrected chi connectivity index (χ2v) is 19.3. The maximum Gasteiger partial charge on any atom is 0.416 e. The smallest absolute Gasteiger partial charge is 0.416 e. The summed E-state index contributed by atoms with van der Waals surface area (Å²) in [5.41, 5.74) is 5.15. The van der Waals surface area contributed by atoms with E-state index in [2.05, 4.69) is 25.0 Å². The molecule has 9 nitrogen and oxygen atoms in total. The summed E-state index contributed by atoms with van der Waals surface area (Å²) in [5, 5.41) is 2.68. The van der Waals surface area contributed by atoms with Crippen molar-refractivity contribution in [2.24, 2.45) is 5.73 Å². The number of rotatable bonds is 14. The summed E-state index contributed by atoms with van der Waals surface area (Å²) in [7, 11) is -1.37. The molecule has 0 spiro atoms. The van der Waals surface area contributed by atoms with E-state index in [9.17, 15) is 18.0 Å². The molecule has 0 aliphatic heterocycles. The van der Waals surface area contributed by atoms with Gasteiger partial charge in [0.25, 0.3) is 0 Å². The monoisotopic (exact) mass is 616 g/mol. The minimum Gasteiger partial charge on any atom is -0.444 e. The summed E-state index contributed by atoms with van der Waals surface area (Å²) in [6, 6.07) is 5.05. The third kappa shape index (κ3) is 10.2. The Labute approximate surface area is 247 Å². The minimum absolute atomic E-state index is 0.0850. The number of hydrogen-bond acceptors (Lipinski definition) is 7. The van der Waals surface area contributed by atoms with Crippen molar-refractivity contribution in [1.82, 2.24) is 14.9 Å². The number of alkyl carbamates (subject to hydrolysis) is 1. The molecule has 42 heavy (non-hydrogen) atoms. The van der Waals surface area contributed by atoms with Crippen molar-refractivity contribution >= 4 is 25.2 Å². The van der Waals surface area contributed by atoms with Crippen LogP contribution in [0.2, 0.25) is 25.7 Å². The van der Waals surface area contributed by atoms with E-state index in [-0.39, 0.29) is 24.7 Å². The number of aromatic nitrogens is 2. The van der Waals surface area contributed by atoms with E-state index < -0.39 is 44.2 Å². The molecule has 0 unspecified atom stereocenters. The van der Waals surface area contributed by atoms with Crippen LogP contribution < -0.4 is 11.1 Å². The summed E-state index contributed by atoms with van der Waals surface area (Å²) in [4.78, 5) is 17.6. The Bertz CT molecular complexity index is 1200. The van der Waals surface area contributed by atoms with Crippen LogP contribution in [0.25, 0.3) is 11.0 Å². The fourth-order valence-corrected chi connectivity index (χ4v) is 4.66. The Morgan fingerprint density at radius 2 is 1.81 bits per heavy atom. The molecule has 1 heterocycles. The lowest BCUT2D eigenvalue weighted by Gasteiger charge is -2.30. The quantitative estimate of drug-likeness (QED) is 0.185. The Kier molecular flexibility index (Phi) is 10.8. The van der Waals surface area contributed by atoms with E-state index in [4.69, 9.17) is 29.7 Å². The van der Waals surface area contributed by atoms with Gasteiger partial charge in [0, 0.05) is 14.7 Å². The van der Waals surface area contributed by atoms with Crippen LogP contribution in [0, 0.1) is 0 Å². The van der Waals surface area contributed by atoms with Crippen molar-refractivity contribution in [2.45, 2.75) is 115 Å². The average molecular weight is 617 g/mol. The van der Waals surface area contributed by atoms with Crippen molar-refractivity contribution in [2.75, 3.05) is 19.8 Å². The van der Waals surface area contributed by atoms with Gasteiger partial charge in [-0.05, 0) is 71.2 Å². The highest BCUT2D eigenvalue weighted by Gasteiger charge is 2.49. The maximum absolute atomic E-state index is 13.7. The zero-order chi connectivity index (χ0) is 31.5. The summed E-state index contributed by atoms with van der Waals surface area (Å²) in [5.74, 6) is 0.279. The molecule has 3 N–H and O–H groups in total. The molecular formula is C29H47F3N4O5Si. The number of nitrogens with one attached hydrogen (secondary N) is 1. The summed E-state index contributed by atoms with van der Waals surface area (Å²) >= 11 is 0. The lowest BCUT2D eigenvalue weighted by atomic mass is 10.1. The van der Waals surface area contributed by atoms with Gasteiger partial charge in [0.05, 0.1) is 36.4 Å². The molecule has 0 radical (unpaired) electrons. The fourth-order valence-electron chi connectivity index (χ4n) is 3.91. The highest BCUT2D eigenvalue weighted by molar-refractivity contribution is 6.76. The van der Waals surface area contributed by atoms with Gasteiger partial charge in [-0.15, -0.1) is 0 Å². The zero-order valence-corrected chi connectivity index (χ0v) is 27.1. The van der Waals surface area contributed by atoms with E-state index in [1.54, 1.807) is 25.3 Å². The van der Waals surface area contributed by atoms with Gasteiger partial charge in [-0.3, -0.25) is 0 Å². The molecule has 1 saturated carbocycles. The molecule has 1 aliphatic rings. The van der Waals surface area contributed by atoms with Gasteiger partial charge in [0.15, 0.2) is 5.60 Å². The van der Waals surface area contributed by atoms with E-state index in [0.29, 0.717) is 24.2 Å².